The lowest BCUT2D eigenvalue weighted by molar-refractivity contribution is 0.102. The molecule has 4 nitrogen and oxygen atoms in total. The van der Waals surface area contributed by atoms with Crippen LogP contribution < -0.4 is 11.1 Å². The summed E-state index contributed by atoms with van der Waals surface area (Å²) in [4.78, 5) is 12.3. The molecule has 6 heteroatoms. The Hall–Kier alpha value is -2.22. The molecule has 3 N–H and O–H groups in total. The highest BCUT2D eigenvalue weighted by atomic mass is 35.5. The van der Waals surface area contributed by atoms with Gasteiger partial charge in [-0.15, -0.1) is 0 Å². The molecule has 0 radical (unpaired) electrons. The summed E-state index contributed by atoms with van der Waals surface area (Å²) in [7, 11) is 0. The molecule has 1 amide bonds. The normalized spacial score (nSPS) is 10.0. The molecular weight excluding hydrogens is 309 g/mol. The number of halogens is 2. The molecule has 0 aliphatic carbocycles. The van der Waals surface area contributed by atoms with Crippen LogP contribution in [0.5, 0.6) is 0 Å². The number of aryl methyl sites for hydroxylation is 1. The summed E-state index contributed by atoms with van der Waals surface area (Å²) < 4.78 is 0. The van der Waals surface area contributed by atoms with Crippen molar-refractivity contribution in [3.63, 3.8) is 0 Å². The molecule has 2 aromatic rings. The van der Waals surface area contributed by atoms with Crippen LogP contribution in [0, 0.1) is 18.3 Å². The van der Waals surface area contributed by atoms with Crippen LogP contribution in [0.4, 0.5) is 11.4 Å². The maximum atomic E-state index is 12.3. The highest BCUT2D eigenvalue weighted by molar-refractivity contribution is 6.44. The van der Waals surface area contributed by atoms with Crippen molar-refractivity contribution < 1.29 is 4.79 Å². The van der Waals surface area contributed by atoms with Crippen molar-refractivity contribution >= 4 is 40.5 Å². The summed E-state index contributed by atoms with van der Waals surface area (Å²) in [6.45, 7) is 1.82. The Balaban J connectivity index is 2.37. The number of hydrogen-bond acceptors (Lipinski definition) is 3. The number of amides is 1. The molecule has 2 rings (SSSR count). The minimum absolute atomic E-state index is 0.137. The minimum Gasteiger partial charge on any atom is -0.399 e. The van der Waals surface area contributed by atoms with Gasteiger partial charge in [-0.3, -0.25) is 4.79 Å². The fourth-order valence-electron chi connectivity index (χ4n) is 1.79. The van der Waals surface area contributed by atoms with E-state index in [4.69, 9.17) is 34.2 Å². The lowest BCUT2D eigenvalue weighted by atomic mass is 10.1. The number of hydrogen-bond donors (Lipinski definition) is 2. The zero-order chi connectivity index (χ0) is 15.6. The second-order valence-corrected chi connectivity index (χ2v) is 5.25. The zero-order valence-corrected chi connectivity index (χ0v) is 12.6. The first-order valence-electron chi connectivity index (χ1n) is 5.99. The van der Waals surface area contributed by atoms with Gasteiger partial charge in [-0.05, 0) is 36.8 Å². The van der Waals surface area contributed by atoms with Gasteiger partial charge in [0.2, 0.25) is 0 Å². The summed E-state index contributed by atoms with van der Waals surface area (Å²) in [6, 6.07) is 9.96. The van der Waals surface area contributed by atoms with Gasteiger partial charge in [-0.2, -0.15) is 5.26 Å². The van der Waals surface area contributed by atoms with Crippen LogP contribution >= 0.6 is 23.2 Å². The van der Waals surface area contributed by atoms with Gasteiger partial charge in [-0.25, -0.2) is 0 Å². The zero-order valence-electron chi connectivity index (χ0n) is 11.1. The standard InChI is InChI=1S/C15H11Cl2N3O/c1-8-2-3-9(7-18)4-13(8)20-15(21)11-5-10(19)6-12(16)14(11)17/h2-6H,19H2,1H3,(H,20,21). The van der Waals surface area contributed by atoms with Crippen LogP contribution in [0.1, 0.15) is 21.5 Å². The molecule has 0 heterocycles. The number of rotatable bonds is 2. The van der Waals surface area contributed by atoms with Crippen molar-refractivity contribution in [1.29, 1.82) is 5.26 Å². The summed E-state index contributed by atoms with van der Waals surface area (Å²) >= 11 is 11.9. The number of benzene rings is 2. The number of carbonyl (C=O) groups excluding carboxylic acids is 1. The first-order valence-corrected chi connectivity index (χ1v) is 6.74. The van der Waals surface area contributed by atoms with Crippen LogP contribution in [0.15, 0.2) is 30.3 Å². The predicted molar refractivity (Wildman–Crippen MR) is 84.7 cm³/mol. The van der Waals surface area contributed by atoms with E-state index in [1.54, 1.807) is 18.2 Å². The molecule has 0 atom stereocenters. The molecule has 0 saturated carbocycles. The van der Waals surface area contributed by atoms with Gasteiger partial charge in [0.1, 0.15) is 0 Å². The van der Waals surface area contributed by atoms with Crippen molar-refractivity contribution in [3.05, 3.63) is 57.1 Å². The fourth-order valence-corrected chi connectivity index (χ4v) is 2.21. The first kappa shape index (κ1) is 15.2. The second-order valence-electron chi connectivity index (χ2n) is 4.46. The van der Waals surface area contributed by atoms with E-state index in [0.29, 0.717) is 16.9 Å². The van der Waals surface area contributed by atoms with Crippen LogP contribution in [0.2, 0.25) is 10.0 Å². The lowest BCUT2D eigenvalue weighted by Gasteiger charge is -2.11. The third-order valence-electron chi connectivity index (χ3n) is 2.91. The van der Waals surface area contributed by atoms with E-state index in [1.165, 1.54) is 12.1 Å². The Morgan fingerprint density at radius 2 is 2.00 bits per heavy atom. The van der Waals surface area contributed by atoms with Gasteiger partial charge in [0.15, 0.2) is 0 Å². The third kappa shape index (κ3) is 3.27. The summed E-state index contributed by atoms with van der Waals surface area (Å²) in [6.07, 6.45) is 0. The Bertz CT molecular complexity index is 766. The van der Waals surface area contributed by atoms with E-state index in [2.05, 4.69) is 5.32 Å². The Morgan fingerprint density at radius 1 is 1.29 bits per heavy atom. The molecule has 0 bridgehead atoms. The number of carbonyl (C=O) groups is 1. The molecular formula is C15H11Cl2N3O. The van der Waals surface area contributed by atoms with Gasteiger partial charge in [0.05, 0.1) is 27.2 Å². The number of nitrogens with two attached hydrogens (primary N) is 1. The highest BCUT2D eigenvalue weighted by Crippen LogP contribution is 2.29. The van der Waals surface area contributed by atoms with Crippen molar-refractivity contribution in [2.75, 3.05) is 11.1 Å². The molecule has 0 spiro atoms. The van der Waals surface area contributed by atoms with Crippen molar-refractivity contribution in [2.45, 2.75) is 6.92 Å². The number of nitrogens with one attached hydrogen (secondary N) is 1. The van der Waals surface area contributed by atoms with Crippen LogP contribution in [-0.4, -0.2) is 5.91 Å². The fraction of sp³-hybridized carbons (Fsp3) is 0.0667. The van der Waals surface area contributed by atoms with Crippen LogP contribution in [0.25, 0.3) is 0 Å². The second kappa shape index (κ2) is 6.04. The van der Waals surface area contributed by atoms with Crippen molar-refractivity contribution in [3.8, 4) is 6.07 Å². The molecule has 0 saturated heterocycles. The maximum absolute atomic E-state index is 12.3. The van der Waals surface area contributed by atoms with Gasteiger partial charge < -0.3 is 11.1 Å². The topological polar surface area (TPSA) is 78.9 Å². The lowest BCUT2D eigenvalue weighted by Crippen LogP contribution is -2.14. The van der Waals surface area contributed by atoms with Crippen molar-refractivity contribution in [1.82, 2.24) is 0 Å². The third-order valence-corrected chi connectivity index (χ3v) is 3.71. The van der Waals surface area contributed by atoms with Gasteiger partial charge in [0.25, 0.3) is 5.91 Å². The van der Waals surface area contributed by atoms with Crippen LogP contribution in [-0.2, 0) is 0 Å². The van der Waals surface area contributed by atoms with Gasteiger partial charge in [0, 0.05) is 11.4 Å². The van der Waals surface area contributed by atoms with Crippen molar-refractivity contribution in [2.24, 2.45) is 0 Å². The quantitative estimate of drug-likeness (QED) is 0.821. The summed E-state index contributed by atoms with van der Waals surface area (Å²) in [5.74, 6) is -0.438. The Morgan fingerprint density at radius 3 is 2.67 bits per heavy atom. The molecule has 21 heavy (non-hydrogen) atoms. The molecule has 0 aliphatic heterocycles. The van der Waals surface area contributed by atoms with E-state index in [-0.39, 0.29) is 15.6 Å². The number of nitrogen functional groups attached to an aromatic ring is 1. The molecule has 0 aliphatic rings. The first-order chi connectivity index (χ1) is 9.92. The Kier molecular flexibility index (Phi) is 4.37. The maximum Gasteiger partial charge on any atom is 0.257 e. The van der Waals surface area contributed by atoms with E-state index >= 15 is 0 Å². The number of nitriles is 1. The van der Waals surface area contributed by atoms with E-state index in [1.807, 2.05) is 13.0 Å². The van der Waals surface area contributed by atoms with Gasteiger partial charge in [-0.1, -0.05) is 29.3 Å². The predicted octanol–water partition coefficient (Wildman–Crippen LogP) is 4.01. The van der Waals surface area contributed by atoms with Crippen LogP contribution in [0.3, 0.4) is 0 Å². The van der Waals surface area contributed by atoms with E-state index in [9.17, 15) is 4.79 Å². The largest absolute Gasteiger partial charge is 0.399 e. The van der Waals surface area contributed by atoms with Gasteiger partial charge >= 0.3 is 0 Å². The highest BCUT2D eigenvalue weighted by Gasteiger charge is 2.15. The SMILES string of the molecule is Cc1ccc(C#N)cc1NC(=O)c1cc(N)cc(Cl)c1Cl. The number of anilines is 2. The monoisotopic (exact) mass is 319 g/mol. The average Bonchev–Trinajstić information content (AvgIpc) is 2.45. The average molecular weight is 320 g/mol. The molecule has 106 valence electrons. The molecule has 0 fully saturated rings. The summed E-state index contributed by atoms with van der Waals surface area (Å²) in [5.41, 5.74) is 8.01. The Labute approximate surface area is 132 Å². The summed E-state index contributed by atoms with van der Waals surface area (Å²) in [5, 5.41) is 12.0. The molecule has 0 aromatic heterocycles. The number of nitrogens with zero attached hydrogens (tertiary/aromatic N) is 1. The molecule has 0 unspecified atom stereocenters. The molecule has 2 aromatic carbocycles. The smallest absolute Gasteiger partial charge is 0.257 e. The van der Waals surface area contributed by atoms with E-state index < -0.39 is 5.91 Å². The van der Waals surface area contributed by atoms with E-state index in [0.717, 1.165) is 5.56 Å². The minimum atomic E-state index is -0.438.